The summed E-state index contributed by atoms with van der Waals surface area (Å²) >= 11 is 1.13. The Morgan fingerprint density at radius 2 is 1.75 bits per heavy atom. The van der Waals surface area contributed by atoms with E-state index in [9.17, 15) is 18.0 Å². The summed E-state index contributed by atoms with van der Waals surface area (Å²) in [5.41, 5.74) is 0.161. The fourth-order valence-electron chi connectivity index (χ4n) is 1.53. The molecule has 0 saturated heterocycles. The molecule has 0 bridgehead atoms. The molecule has 0 amide bonds. The van der Waals surface area contributed by atoms with Gasteiger partial charge in [-0.25, -0.2) is 18.0 Å². The van der Waals surface area contributed by atoms with Crippen LogP contribution in [0.1, 0.15) is 15.9 Å². The lowest BCUT2D eigenvalue weighted by atomic mass is 10.1. The van der Waals surface area contributed by atoms with Gasteiger partial charge in [0, 0.05) is 10.6 Å². The first-order valence-corrected chi connectivity index (χ1v) is 6.55. The van der Waals surface area contributed by atoms with Crippen LogP contribution in [0.25, 0.3) is 0 Å². The Morgan fingerprint density at radius 1 is 1.00 bits per heavy atom. The van der Waals surface area contributed by atoms with E-state index in [0.29, 0.717) is 10.5 Å². The highest BCUT2D eigenvalue weighted by Crippen LogP contribution is 2.25. The second-order valence-corrected chi connectivity index (χ2v) is 5.02. The Labute approximate surface area is 117 Å². The lowest BCUT2D eigenvalue weighted by Gasteiger charge is -2.05. The van der Waals surface area contributed by atoms with E-state index in [1.165, 1.54) is 18.2 Å². The normalized spacial score (nSPS) is 10.6. The number of aromatic carboxylic acids is 1. The van der Waals surface area contributed by atoms with Crippen LogP contribution in [0.3, 0.4) is 0 Å². The molecular formula is C14H9F3O2S. The summed E-state index contributed by atoms with van der Waals surface area (Å²) in [5.74, 6) is -3.55. The van der Waals surface area contributed by atoms with E-state index in [2.05, 4.69) is 0 Å². The van der Waals surface area contributed by atoms with Gasteiger partial charge in [0.15, 0.2) is 11.6 Å². The van der Waals surface area contributed by atoms with Crippen LogP contribution in [0.15, 0.2) is 41.3 Å². The van der Waals surface area contributed by atoms with Crippen LogP contribution >= 0.6 is 11.8 Å². The summed E-state index contributed by atoms with van der Waals surface area (Å²) in [4.78, 5) is 11.1. The summed E-state index contributed by atoms with van der Waals surface area (Å²) in [6, 6.07) is 7.03. The van der Waals surface area contributed by atoms with Gasteiger partial charge in [0.25, 0.3) is 0 Å². The molecule has 0 radical (unpaired) electrons. The van der Waals surface area contributed by atoms with Gasteiger partial charge in [-0.3, -0.25) is 0 Å². The molecule has 0 unspecified atom stereocenters. The fourth-order valence-corrected chi connectivity index (χ4v) is 2.43. The van der Waals surface area contributed by atoms with Gasteiger partial charge in [0.1, 0.15) is 5.82 Å². The summed E-state index contributed by atoms with van der Waals surface area (Å²) < 4.78 is 39.4. The minimum Gasteiger partial charge on any atom is -0.478 e. The van der Waals surface area contributed by atoms with Crippen molar-refractivity contribution in [2.75, 3.05) is 0 Å². The zero-order valence-corrected chi connectivity index (χ0v) is 10.9. The van der Waals surface area contributed by atoms with Crippen LogP contribution in [0.5, 0.6) is 0 Å². The van der Waals surface area contributed by atoms with E-state index in [0.717, 1.165) is 30.0 Å². The number of benzene rings is 2. The number of carbonyl (C=O) groups is 1. The Balaban J connectivity index is 2.10. The van der Waals surface area contributed by atoms with E-state index < -0.39 is 23.4 Å². The maximum atomic E-state index is 13.6. The molecule has 104 valence electrons. The molecular weight excluding hydrogens is 289 g/mol. The Bertz CT molecular complexity index is 659. The van der Waals surface area contributed by atoms with Gasteiger partial charge in [-0.15, -0.1) is 11.8 Å². The van der Waals surface area contributed by atoms with Crippen molar-refractivity contribution in [1.82, 2.24) is 0 Å². The van der Waals surface area contributed by atoms with Crippen LogP contribution in [0, 0.1) is 17.5 Å². The van der Waals surface area contributed by atoms with Crippen molar-refractivity contribution in [3.05, 3.63) is 65.0 Å². The third-order valence-corrected chi connectivity index (χ3v) is 3.63. The topological polar surface area (TPSA) is 37.3 Å². The number of carboxylic acid groups (broad SMARTS) is 1. The van der Waals surface area contributed by atoms with Gasteiger partial charge in [0.2, 0.25) is 0 Å². The van der Waals surface area contributed by atoms with Gasteiger partial charge >= 0.3 is 5.97 Å². The minimum atomic E-state index is -1.20. The first-order valence-electron chi connectivity index (χ1n) is 5.57. The van der Waals surface area contributed by atoms with Crippen molar-refractivity contribution in [2.45, 2.75) is 10.6 Å². The Morgan fingerprint density at radius 3 is 2.35 bits per heavy atom. The largest absolute Gasteiger partial charge is 0.478 e. The fraction of sp³-hybridized carbons (Fsp3) is 0.0714. The van der Waals surface area contributed by atoms with E-state index in [1.807, 2.05) is 0 Å². The minimum absolute atomic E-state index is 0.135. The average Bonchev–Trinajstić information content (AvgIpc) is 2.41. The maximum Gasteiger partial charge on any atom is 0.335 e. The summed E-state index contributed by atoms with van der Waals surface area (Å²) in [6.45, 7) is 0. The van der Waals surface area contributed by atoms with Gasteiger partial charge < -0.3 is 5.11 Å². The summed E-state index contributed by atoms with van der Waals surface area (Å²) in [7, 11) is 0. The quantitative estimate of drug-likeness (QED) is 0.864. The maximum absolute atomic E-state index is 13.6. The van der Waals surface area contributed by atoms with E-state index in [-0.39, 0.29) is 11.3 Å². The standard InChI is InChI=1S/C14H9F3O2S/c15-11-4-3-10(6-13(11)17)20-7-9-2-1-8(14(18)19)5-12(9)16/h1-6H,7H2,(H,18,19). The lowest BCUT2D eigenvalue weighted by molar-refractivity contribution is 0.0696. The first kappa shape index (κ1) is 14.5. The van der Waals surface area contributed by atoms with E-state index >= 15 is 0 Å². The third kappa shape index (κ3) is 3.33. The van der Waals surface area contributed by atoms with Crippen LogP contribution in [-0.2, 0) is 5.75 Å². The Hall–Kier alpha value is -1.95. The molecule has 2 nitrogen and oxygen atoms in total. The van der Waals surface area contributed by atoms with Crippen LogP contribution in [0.4, 0.5) is 13.2 Å². The molecule has 0 heterocycles. The second-order valence-electron chi connectivity index (χ2n) is 3.98. The van der Waals surface area contributed by atoms with Crippen molar-refractivity contribution in [2.24, 2.45) is 0 Å². The second kappa shape index (κ2) is 6.00. The zero-order chi connectivity index (χ0) is 14.7. The lowest BCUT2D eigenvalue weighted by Crippen LogP contribution is -1.98. The highest BCUT2D eigenvalue weighted by molar-refractivity contribution is 7.98. The predicted octanol–water partition coefficient (Wildman–Crippen LogP) is 4.09. The van der Waals surface area contributed by atoms with Crippen molar-refractivity contribution in [3.63, 3.8) is 0 Å². The Kier molecular flexibility index (Phi) is 4.34. The molecule has 20 heavy (non-hydrogen) atoms. The predicted molar refractivity (Wildman–Crippen MR) is 69.3 cm³/mol. The number of hydrogen-bond acceptors (Lipinski definition) is 2. The average molecular weight is 298 g/mol. The van der Waals surface area contributed by atoms with Crippen LogP contribution in [0.2, 0.25) is 0 Å². The zero-order valence-electron chi connectivity index (χ0n) is 10.1. The van der Waals surface area contributed by atoms with Crippen molar-refractivity contribution >= 4 is 17.7 Å². The summed E-state index contributed by atoms with van der Waals surface area (Å²) in [6.07, 6.45) is 0. The molecule has 0 atom stereocenters. The van der Waals surface area contributed by atoms with Gasteiger partial charge in [0.05, 0.1) is 5.56 Å². The number of halogens is 3. The molecule has 2 rings (SSSR count). The molecule has 0 aromatic heterocycles. The number of hydrogen-bond donors (Lipinski definition) is 1. The van der Waals surface area contributed by atoms with Gasteiger partial charge in [-0.05, 0) is 35.9 Å². The molecule has 0 saturated carbocycles. The number of thioether (sulfide) groups is 1. The van der Waals surface area contributed by atoms with Crippen molar-refractivity contribution < 1.29 is 23.1 Å². The SMILES string of the molecule is O=C(O)c1ccc(CSc2ccc(F)c(F)c2)c(F)c1. The van der Waals surface area contributed by atoms with E-state index in [4.69, 9.17) is 5.11 Å². The van der Waals surface area contributed by atoms with Crippen molar-refractivity contribution in [1.29, 1.82) is 0 Å². The highest BCUT2D eigenvalue weighted by atomic mass is 32.2. The van der Waals surface area contributed by atoms with Gasteiger partial charge in [-0.1, -0.05) is 6.07 Å². The monoisotopic (exact) mass is 298 g/mol. The highest BCUT2D eigenvalue weighted by Gasteiger charge is 2.09. The first-order chi connectivity index (χ1) is 9.47. The molecule has 0 aliphatic rings. The molecule has 2 aromatic rings. The molecule has 1 N–H and O–H groups in total. The molecule has 0 fully saturated rings. The number of rotatable bonds is 4. The van der Waals surface area contributed by atoms with E-state index in [1.54, 1.807) is 0 Å². The molecule has 2 aromatic carbocycles. The number of carboxylic acids is 1. The van der Waals surface area contributed by atoms with Crippen molar-refractivity contribution in [3.8, 4) is 0 Å². The van der Waals surface area contributed by atoms with Gasteiger partial charge in [-0.2, -0.15) is 0 Å². The van der Waals surface area contributed by atoms with Crippen LogP contribution in [-0.4, -0.2) is 11.1 Å². The molecule has 0 aliphatic carbocycles. The summed E-state index contributed by atoms with van der Waals surface area (Å²) in [5, 5.41) is 8.72. The molecule has 0 spiro atoms. The smallest absolute Gasteiger partial charge is 0.335 e. The molecule has 0 aliphatic heterocycles. The third-order valence-electron chi connectivity index (χ3n) is 2.59. The van der Waals surface area contributed by atoms with Crippen LogP contribution < -0.4 is 0 Å². The molecule has 6 heteroatoms.